The summed E-state index contributed by atoms with van der Waals surface area (Å²) in [6.07, 6.45) is 1.57. The largest absolute Gasteiger partial charge is 0.481 e. The third-order valence-corrected chi connectivity index (χ3v) is 2.83. The van der Waals surface area contributed by atoms with Crippen LogP contribution in [0.25, 0.3) is 11.0 Å². The molecule has 1 N–H and O–H groups in total. The van der Waals surface area contributed by atoms with Crippen LogP contribution in [0, 0.1) is 0 Å². The first-order chi connectivity index (χ1) is 7.43. The summed E-state index contributed by atoms with van der Waals surface area (Å²) in [4.78, 5) is 22.6. The number of hydrogen-bond donors (Lipinski definition) is 1. The van der Waals surface area contributed by atoms with Crippen molar-refractivity contribution >= 4 is 17.0 Å². The average Bonchev–Trinajstić information content (AvgIpc) is 2.60. The number of fused-ring (bicyclic) bond motifs is 1. The number of nitrogens with zero attached hydrogens (tertiary/aromatic N) is 3. The van der Waals surface area contributed by atoms with Crippen LogP contribution in [-0.2, 0) is 32.4 Å². The van der Waals surface area contributed by atoms with E-state index in [0.717, 1.165) is 5.65 Å². The molecule has 6 nitrogen and oxygen atoms in total. The molecule has 0 spiro atoms. The van der Waals surface area contributed by atoms with Gasteiger partial charge in [-0.15, -0.1) is 0 Å². The van der Waals surface area contributed by atoms with E-state index in [2.05, 4.69) is 0 Å². The van der Waals surface area contributed by atoms with Gasteiger partial charge in [-0.1, -0.05) is 0 Å². The molecule has 0 radical (unpaired) electrons. The van der Waals surface area contributed by atoms with Gasteiger partial charge in [0.2, 0.25) is 0 Å². The summed E-state index contributed by atoms with van der Waals surface area (Å²) in [5, 5.41) is 9.27. The van der Waals surface area contributed by atoms with Crippen molar-refractivity contribution < 1.29 is 9.90 Å². The maximum Gasteiger partial charge on any atom is 0.307 e. The minimum Gasteiger partial charge on any atom is -0.481 e. The second kappa shape index (κ2) is 3.26. The van der Waals surface area contributed by atoms with E-state index in [9.17, 15) is 9.59 Å². The number of hydrogen-bond acceptors (Lipinski definition) is 2. The van der Waals surface area contributed by atoms with E-state index >= 15 is 0 Å². The predicted molar refractivity (Wildman–Crippen MR) is 58.5 cm³/mol. The Morgan fingerprint density at radius 1 is 1.31 bits per heavy atom. The van der Waals surface area contributed by atoms with Crippen molar-refractivity contribution in [3.63, 3.8) is 0 Å². The van der Waals surface area contributed by atoms with Crippen LogP contribution < -0.4 is 5.56 Å². The van der Waals surface area contributed by atoms with Gasteiger partial charge >= 0.3 is 5.97 Å². The van der Waals surface area contributed by atoms with Gasteiger partial charge in [0, 0.05) is 27.3 Å². The average molecular weight is 223 g/mol. The summed E-state index contributed by atoms with van der Waals surface area (Å²) in [5.41, 5.74) is 1.14. The summed E-state index contributed by atoms with van der Waals surface area (Å²) >= 11 is 0. The molecule has 0 atom stereocenters. The fraction of sp³-hybridized carbons (Fsp3) is 0.400. The molecule has 16 heavy (non-hydrogen) atoms. The molecule has 0 aromatic carbocycles. The number of rotatable bonds is 2. The van der Waals surface area contributed by atoms with Gasteiger partial charge < -0.3 is 9.67 Å². The van der Waals surface area contributed by atoms with Crippen LogP contribution in [0.5, 0.6) is 0 Å². The van der Waals surface area contributed by atoms with Crippen molar-refractivity contribution in [3.8, 4) is 0 Å². The Morgan fingerprint density at radius 2 is 1.94 bits per heavy atom. The summed E-state index contributed by atoms with van der Waals surface area (Å²) in [5.74, 6) is -0.932. The van der Waals surface area contributed by atoms with E-state index in [4.69, 9.17) is 5.11 Å². The molecule has 2 aromatic rings. The van der Waals surface area contributed by atoms with E-state index in [1.165, 1.54) is 4.68 Å². The van der Waals surface area contributed by atoms with Crippen LogP contribution in [0.1, 0.15) is 5.56 Å². The van der Waals surface area contributed by atoms with Crippen molar-refractivity contribution in [1.82, 2.24) is 13.9 Å². The van der Waals surface area contributed by atoms with Gasteiger partial charge in [-0.25, -0.2) is 0 Å². The lowest BCUT2D eigenvalue weighted by Gasteiger charge is -2.01. The van der Waals surface area contributed by atoms with Crippen LogP contribution in [0.4, 0.5) is 0 Å². The molecule has 0 saturated heterocycles. The lowest BCUT2D eigenvalue weighted by atomic mass is 10.2. The van der Waals surface area contributed by atoms with Gasteiger partial charge in [0.1, 0.15) is 5.65 Å². The van der Waals surface area contributed by atoms with Gasteiger partial charge in [-0.2, -0.15) is 0 Å². The highest BCUT2D eigenvalue weighted by molar-refractivity contribution is 5.85. The molecular formula is C10H13N3O3. The summed E-state index contributed by atoms with van der Waals surface area (Å²) in [6, 6.07) is 0. The quantitative estimate of drug-likeness (QED) is 0.769. The highest BCUT2D eigenvalue weighted by atomic mass is 16.4. The third kappa shape index (κ3) is 1.26. The standard InChI is InChI=1S/C10H13N3O3/c1-11-5-6(4-7(14)15)8-9(11)12(2)13(3)10(8)16/h5H,4H2,1-3H3,(H,14,15). The van der Waals surface area contributed by atoms with Crippen LogP contribution in [0.2, 0.25) is 0 Å². The molecule has 0 saturated carbocycles. The second-order valence-corrected chi connectivity index (χ2v) is 3.89. The van der Waals surface area contributed by atoms with Crippen molar-refractivity contribution in [2.45, 2.75) is 6.42 Å². The van der Waals surface area contributed by atoms with Gasteiger partial charge in [0.15, 0.2) is 0 Å². The summed E-state index contributed by atoms with van der Waals surface area (Å²) in [7, 11) is 5.23. The minimum absolute atomic E-state index is 0.128. The summed E-state index contributed by atoms with van der Waals surface area (Å²) < 4.78 is 4.95. The fourth-order valence-electron chi connectivity index (χ4n) is 2.04. The Kier molecular flexibility index (Phi) is 2.15. The Morgan fingerprint density at radius 3 is 2.50 bits per heavy atom. The van der Waals surface area contributed by atoms with Crippen LogP contribution in [0.15, 0.2) is 11.0 Å². The van der Waals surface area contributed by atoms with E-state index in [1.807, 2.05) is 0 Å². The lowest BCUT2D eigenvalue weighted by Crippen LogP contribution is -2.18. The lowest BCUT2D eigenvalue weighted by molar-refractivity contribution is -0.136. The molecule has 0 amide bonds. The molecule has 6 heteroatoms. The molecular weight excluding hydrogens is 210 g/mol. The SMILES string of the molecule is Cn1cc(CC(=O)O)c2c(=O)n(C)n(C)c21. The minimum atomic E-state index is -0.932. The predicted octanol–water partition coefficient (Wildman–Crippen LogP) is -0.157. The Bertz CT molecular complexity index is 630. The first kappa shape index (κ1) is 10.5. The smallest absolute Gasteiger partial charge is 0.307 e. The molecule has 0 aliphatic heterocycles. The van der Waals surface area contributed by atoms with Gasteiger partial charge in [0.25, 0.3) is 5.56 Å². The Hall–Kier alpha value is -1.98. The number of carbonyl (C=O) groups is 1. The Balaban J connectivity index is 2.83. The zero-order valence-corrected chi connectivity index (χ0v) is 9.39. The summed E-state index contributed by atoms with van der Waals surface area (Å²) in [6.45, 7) is 0. The molecule has 2 aromatic heterocycles. The van der Waals surface area contributed by atoms with Crippen molar-refractivity contribution in [2.75, 3.05) is 0 Å². The van der Waals surface area contributed by atoms with E-state index in [0.29, 0.717) is 10.9 Å². The zero-order chi connectivity index (χ0) is 12.0. The highest BCUT2D eigenvalue weighted by Crippen LogP contribution is 2.17. The molecule has 0 bridgehead atoms. The normalized spacial score (nSPS) is 11.2. The van der Waals surface area contributed by atoms with Gasteiger partial charge in [-0.3, -0.25) is 19.0 Å². The maximum absolute atomic E-state index is 11.9. The van der Waals surface area contributed by atoms with Crippen molar-refractivity contribution in [3.05, 3.63) is 22.1 Å². The van der Waals surface area contributed by atoms with Crippen LogP contribution in [-0.4, -0.2) is 25.0 Å². The molecule has 0 aliphatic carbocycles. The van der Waals surface area contributed by atoms with Gasteiger partial charge in [0.05, 0.1) is 11.8 Å². The van der Waals surface area contributed by atoms with E-state index in [1.54, 1.807) is 36.6 Å². The number of carboxylic acid groups (broad SMARTS) is 1. The molecule has 2 rings (SSSR count). The fourth-order valence-corrected chi connectivity index (χ4v) is 2.04. The first-order valence-electron chi connectivity index (χ1n) is 4.85. The molecule has 2 heterocycles. The molecule has 0 fully saturated rings. The maximum atomic E-state index is 11.9. The number of aliphatic carboxylic acids is 1. The number of aryl methyl sites for hydroxylation is 2. The Labute approximate surface area is 91.3 Å². The van der Waals surface area contributed by atoms with E-state index in [-0.39, 0.29) is 12.0 Å². The van der Waals surface area contributed by atoms with Crippen LogP contribution >= 0.6 is 0 Å². The number of carboxylic acids is 1. The van der Waals surface area contributed by atoms with Crippen LogP contribution in [0.3, 0.4) is 0 Å². The van der Waals surface area contributed by atoms with Crippen molar-refractivity contribution in [2.24, 2.45) is 21.1 Å². The molecule has 0 unspecified atom stereocenters. The molecule has 0 aliphatic rings. The monoisotopic (exact) mass is 223 g/mol. The third-order valence-electron chi connectivity index (χ3n) is 2.83. The topological polar surface area (TPSA) is 69.2 Å². The van der Waals surface area contributed by atoms with Gasteiger partial charge in [-0.05, 0) is 5.56 Å². The number of aromatic nitrogens is 3. The molecule has 86 valence electrons. The van der Waals surface area contributed by atoms with Crippen molar-refractivity contribution in [1.29, 1.82) is 0 Å². The first-order valence-corrected chi connectivity index (χ1v) is 4.85. The zero-order valence-electron chi connectivity index (χ0n) is 9.39. The van der Waals surface area contributed by atoms with E-state index < -0.39 is 5.97 Å². The highest BCUT2D eigenvalue weighted by Gasteiger charge is 2.18. The second-order valence-electron chi connectivity index (χ2n) is 3.89.